The van der Waals surface area contributed by atoms with Gasteiger partial charge >= 0.3 is 0 Å². The number of carbonyl (C=O) groups excluding carboxylic acids is 3. The van der Waals surface area contributed by atoms with Crippen LogP contribution in [-0.4, -0.2) is 62.3 Å². The Morgan fingerprint density at radius 1 is 1.03 bits per heavy atom. The molecule has 0 radical (unpaired) electrons. The third-order valence-corrected chi connectivity index (χ3v) is 7.48. The minimum absolute atomic E-state index is 0.104. The molecule has 3 N–H and O–H groups in total. The van der Waals surface area contributed by atoms with E-state index in [0.717, 1.165) is 38.4 Å². The van der Waals surface area contributed by atoms with Crippen molar-refractivity contribution in [1.29, 1.82) is 0 Å². The zero-order chi connectivity index (χ0) is 28.3. The van der Waals surface area contributed by atoms with Crippen molar-refractivity contribution in [3.8, 4) is 0 Å². The molecule has 3 unspecified atom stereocenters. The Balaban J connectivity index is 0.000000426. The minimum atomic E-state index is -0.522. The SMILES string of the molecule is CC.CCCN(C(=O)C(NC(=O)CNC)C1CCCCC1)C(C=O)CC.CNC1CCCc2ccccc21. The van der Waals surface area contributed by atoms with Crippen molar-refractivity contribution in [2.24, 2.45) is 5.92 Å². The van der Waals surface area contributed by atoms with Gasteiger partial charge in [0.25, 0.3) is 0 Å². The van der Waals surface area contributed by atoms with Crippen LogP contribution in [0, 0.1) is 5.92 Å². The van der Waals surface area contributed by atoms with Crippen molar-refractivity contribution in [3.63, 3.8) is 0 Å². The second-order valence-electron chi connectivity index (χ2n) is 10.0. The Hall–Kier alpha value is -2.25. The lowest BCUT2D eigenvalue weighted by atomic mass is 9.83. The quantitative estimate of drug-likeness (QED) is 0.358. The second-order valence-corrected chi connectivity index (χ2v) is 10.0. The second kappa shape index (κ2) is 19.8. The highest BCUT2D eigenvalue weighted by molar-refractivity contribution is 5.90. The first-order chi connectivity index (χ1) is 18.5. The topological polar surface area (TPSA) is 90.5 Å². The maximum atomic E-state index is 13.2. The molecule has 0 bridgehead atoms. The summed E-state index contributed by atoms with van der Waals surface area (Å²) in [6.07, 6.45) is 11.4. The first kappa shape index (κ1) is 33.8. The highest BCUT2D eigenvalue weighted by atomic mass is 16.2. The summed E-state index contributed by atoms with van der Waals surface area (Å²) in [5.41, 5.74) is 3.04. The Bertz CT molecular complexity index is 810. The summed E-state index contributed by atoms with van der Waals surface area (Å²) < 4.78 is 0. The van der Waals surface area contributed by atoms with Crippen LogP contribution in [0.15, 0.2) is 24.3 Å². The number of rotatable bonds is 11. The summed E-state index contributed by atoms with van der Waals surface area (Å²) >= 11 is 0. The molecule has 2 aliphatic rings. The van der Waals surface area contributed by atoms with Crippen LogP contribution in [0.25, 0.3) is 0 Å². The molecule has 7 heteroatoms. The fraction of sp³-hybridized carbons (Fsp3) is 0.710. The van der Waals surface area contributed by atoms with Crippen LogP contribution in [0.2, 0.25) is 0 Å². The highest BCUT2D eigenvalue weighted by Crippen LogP contribution is 2.29. The Labute approximate surface area is 231 Å². The smallest absolute Gasteiger partial charge is 0.246 e. The summed E-state index contributed by atoms with van der Waals surface area (Å²) in [7, 11) is 3.76. The van der Waals surface area contributed by atoms with Crippen molar-refractivity contribution in [3.05, 3.63) is 35.4 Å². The van der Waals surface area contributed by atoms with E-state index in [2.05, 4.69) is 40.2 Å². The van der Waals surface area contributed by atoms with Crippen molar-refractivity contribution >= 4 is 18.1 Å². The van der Waals surface area contributed by atoms with Gasteiger partial charge in [0.05, 0.1) is 12.6 Å². The van der Waals surface area contributed by atoms with E-state index >= 15 is 0 Å². The number of aldehydes is 1. The van der Waals surface area contributed by atoms with E-state index < -0.39 is 12.1 Å². The molecule has 0 heterocycles. The number of aryl methyl sites for hydroxylation is 1. The Kier molecular flexibility index (Phi) is 17.6. The lowest BCUT2D eigenvalue weighted by Crippen LogP contribution is -2.56. The van der Waals surface area contributed by atoms with Crippen LogP contribution < -0.4 is 16.0 Å². The molecule has 0 spiro atoms. The molecule has 0 saturated heterocycles. The predicted molar refractivity (Wildman–Crippen MR) is 157 cm³/mol. The first-order valence-electron chi connectivity index (χ1n) is 14.9. The fourth-order valence-electron chi connectivity index (χ4n) is 5.54. The standard InChI is InChI=1S/C18H33N3O3.C11H15N.C2H6/c1-4-11-21(15(5-2)13-22)18(24)17(20-16(23)12-19-3)14-9-7-6-8-10-14;1-12-11-8-4-6-9-5-2-3-7-10(9)11;1-2/h13-15,17,19H,4-12H2,1-3H3,(H,20,23);2-3,5,7,11-12H,4,6,8H2,1H3;1-2H3. The number of likely N-dealkylation sites (N-methyl/N-ethyl adjacent to an activating group) is 1. The number of carbonyl (C=O) groups is 3. The summed E-state index contributed by atoms with van der Waals surface area (Å²) in [4.78, 5) is 38.3. The van der Waals surface area contributed by atoms with E-state index in [0.29, 0.717) is 19.0 Å². The molecule has 1 aromatic rings. The number of benzene rings is 1. The van der Waals surface area contributed by atoms with Crippen LogP contribution in [0.1, 0.15) is 103 Å². The third kappa shape index (κ3) is 10.5. The van der Waals surface area contributed by atoms with Gasteiger partial charge in [0, 0.05) is 12.6 Å². The summed E-state index contributed by atoms with van der Waals surface area (Å²) in [6, 6.07) is 8.42. The molecule has 0 aromatic heterocycles. The zero-order valence-corrected chi connectivity index (χ0v) is 24.9. The maximum absolute atomic E-state index is 13.2. The molecular formula is C31H54N4O3. The van der Waals surface area contributed by atoms with Crippen LogP contribution in [-0.2, 0) is 20.8 Å². The summed E-state index contributed by atoms with van der Waals surface area (Å²) in [6.45, 7) is 8.63. The minimum Gasteiger partial charge on any atom is -0.343 e. The van der Waals surface area contributed by atoms with Gasteiger partial charge in [-0.15, -0.1) is 0 Å². The Morgan fingerprint density at radius 2 is 1.71 bits per heavy atom. The number of amides is 2. The number of nitrogens with one attached hydrogen (secondary N) is 3. The van der Waals surface area contributed by atoms with E-state index in [9.17, 15) is 14.4 Å². The van der Waals surface area contributed by atoms with Gasteiger partial charge in [-0.1, -0.05) is 71.2 Å². The van der Waals surface area contributed by atoms with Crippen molar-refractivity contribution in [2.75, 3.05) is 27.2 Å². The zero-order valence-electron chi connectivity index (χ0n) is 24.9. The molecule has 38 heavy (non-hydrogen) atoms. The summed E-state index contributed by atoms with van der Waals surface area (Å²) in [5, 5.41) is 9.10. The van der Waals surface area contributed by atoms with Gasteiger partial charge in [0.2, 0.25) is 11.8 Å². The van der Waals surface area contributed by atoms with Crippen LogP contribution in [0.4, 0.5) is 0 Å². The average molecular weight is 531 g/mol. The molecule has 1 saturated carbocycles. The normalized spacial score (nSPS) is 18.3. The van der Waals surface area contributed by atoms with Gasteiger partial charge in [0.1, 0.15) is 12.3 Å². The van der Waals surface area contributed by atoms with Crippen molar-refractivity contribution < 1.29 is 14.4 Å². The number of nitrogens with zero attached hydrogens (tertiary/aromatic N) is 1. The lowest BCUT2D eigenvalue weighted by molar-refractivity contribution is -0.142. The Morgan fingerprint density at radius 3 is 2.29 bits per heavy atom. The van der Waals surface area contributed by atoms with Gasteiger partial charge in [-0.3, -0.25) is 9.59 Å². The monoisotopic (exact) mass is 530 g/mol. The molecule has 2 amide bonds. The molecular weight excluding hydrogens is 476 g/mol. The first-order valence-corrected chi connectivity index (χ1v) is 14.9. The molecule has 2 aliphatic carbocycles. The largest absolute Gasteiger partial charge is 0.343 e. The molecule has 3 rings (SSSR count). The number of hydrogen-bond acceptors (Lipinski definition) is 5. The molecule has 1 aromatic carbocycles. The van der Waals surface area contributed by atoms with Crippen LogP contribution in [0.3, 0.4) is 0 Å². The van der Waals surface area contributed by atoms with Gasteiger partial charge in [-0.25, -0.2) is 0 Å². The van der Waals surface area contributed by atoms with Crippen molar-refractivity contribution in [1.82, 2.24) is 20.9 Å². The van der Waals surface area contributed by atoms with E-state index in [1.54, 1.807) is 11.9 Å². The van der Waals surface area contributed by atoms with Gasteiger partial charge in [0.15, 0.2) is 0 Å². The van der Waals surface area contributed by atoms with E-state index in [-0.39, 0.29) is 24.3 Å². The van der Waals surface area contributed by atoms with Crippen molar-refractivity contribution in [2.45, 2.75) is 110 Å². The molecule has 7 nitrogen and oxygen atoms in total. The highest BCUT2D eigenvalue weighted by Gasteiger charge is 2.35. The average Bonchev–Trinajstić information content (AvgIpc) is 2.97. The van der Waals surface area contributed by atoms with E-state index in [1.807, 2.05) is 34.7 Å². The number of hydrogen-bond donors (Lipinski definition) is 3. The molecule has 216 valence electrons. The van der Waals surface area contributed by atoms with E-state index in [1.165, 1.54) is 36.8 Å². The van der Waals surface area contributed by atoms with Crippen LogP contribution in [0.5, 0.6) is 0 Å². The molecule has 1 fully saturated rings. The lowest BCUT2D eigenvalue weighted by Gasteiger charge is -2.36. The molecule has 0 aliphatic heterocycles. The third-order valence-electron chi connectivity index (χ3n) is 7.48. The number of fused-ring (bicyclic) bond motifs is 1. The molecule has 3 atom stereocenters. The van der Waals surface area contributed by atoms with Crippen LogP contribution >= 0.6 is 0 Å². The predicted octanol–water partition coefficient (Wildman–Crippen LogP) is 4.80. The maximum Gasteiger partial charge on any atom is 0.246 e. The fourth-order valence-corrected chi connectivity index (χ4v) is 5.54. The van der Waals surface area contributed by atoms with E-state index in [4.69, 9.17) is 0 Å². The van der Waals surface area contributed by atoms with Gasteiger partial charge in [-0.05, 0) is 76.1 Å². The summed E-state index contributed by atoms with van der Waals surface area (Å²) in [5.74, 6) is -0.111. The van der Waals surface area contributed by atoms with Gasteiger partial charge < -0.3 is 25.6 Å². The van der Waals surface area contributed by atoms with Gasteiger partial charge in [-0.2, -0.15) is 0 Å².